The lowest BCUT2D eigenvalue weighted by Crippen LogP contribution is -2.42. The Morgan fingerprint density at radius 3 is 2.53 bits per heavy atom. The van der Waals surface area contributed by atoms with Gasteiger partial charge in [0.2, 0.25) is 0 Å². The standard InChI is InChI=1S/C14H22N2O3/c1-5-16(9-14(2,3)18)13(17)10-6-7-12(19-4)11(15)8-10/h6-8,18H,5,9,15H2,1-4H3. The second-order valence-corrected chi connectivity index (χ2v) is 5.09. The molecule has 0 aliphatic heterocycles. The third-order valence-electron chi connectivity index (χ3n) is 2.72. The van der Waals surface area contributed by atoms with Crippen molar-refractivity contribution in [2.75, 3.05) is 25.9 Å². The first-order valence-corrected chi connectivity index (χ1v) is 6.23. The molecule has 0 fully saturated rings. The molecule has 0 heterocycles. The lowest BCUT2D eigenvalue weighted by atomic mass is 10.1. The lowest BCUT2D eigenvalue weighted by Gasteiger charge is -2.28. The third kappa shape index (κ3) is 4.13. The molecule has 106 valence electrons. The largest absolute Gasteiger partial charge is 0.495 e. The first kappa shape index (κ1) is 15.3. The predicted octanol–water partition coefficient (Wildman–Crippen LogP) is 1.51. The van der Waals surface area contributed by atoms with Crippen molar-refractivity contribution < 1.29 is 14.6 Å². The fraction of sp³-hybridized carbons (Fsp3) is 0.500. The topological polar surface area (TPSA) is 75.8 Å². The number of nitrogens with two attached hydrogens (primary N) is 1. The van der Waals surface area contributed by atoms with E-state index < -0.39 is 5.60 Å². The van der Waals surface area contributed by atoms with E-state index in [1.807, 2.05) is 6.92 Å². The van der Waals surface area contributed by atoms with Crippen LogP contribution in [0.25, 0.3) is 0 Å². The fourth-order valence-corrected chi connectivity index (χ4v) is 1.84. The van der Waals surface area contributed by atoms with E-state index in [0.717, 1.165) is 0 Å². The van der Waals surface area contributed by atoms with Crippen molar-refractivity contribution in [2.45, 2.75) is 26.4 Å². The number of hydrogen-bond acceptors (Lipinski definition) is 4. The summed E-state index contributed by atoms with van der Waals surface area (Å²) in [7, 11) is 1.53. The van der Waals surface area contributed by atoms with E-state index in [2.05, 4.69) is 0 Å². The highest BCUT2D eigenvalue weighted by molar-refractivity contribution is 5.95. The first-order chi connectivity index (χ1) is 8.78. The maximum Gasteiger partial charge on any atom is 0.254 e. The number of methoxy groups -OCH3 is 1. The van der Waals surface area contributed by atoms with Gasteiger partial charge in [-0.25, -0.2) is 0 Å². The summed E-state index contributed by atoms with van der Waals surface area (Å²) < 4.78 is 5.06. The molecular weight excluding hydrogens is 244 g/mol. The van der Waals surface area contributed by atoms with E-state index in [0.29, 0.717) is 23.5 Å². The van der Waals surface area contributed by atoms with Crippen LogP contribution >= 0.6 is 0 Å². The van der Waals surface area contributed by atoms with Gasteiger partial charge in [-0.05, 0) is 39.0 Å². The van der Waals surface area contributed by atoms with E-state index in [9.17, 15) is 9.90 Å². The molecule has 0 aliphatic rings. The number of carbonyl (C=O) groups excluding carboxylic acids is 1. The van der Waals surface area contributed by atoms with Gasteiger partial charge in [-0.2, -0.15) is 0 Å². The van der Waals surface area contributed by atoms with Gasteiger partial charge in [0, 0.05) is 18.7 Å². The molecule has 0 spiro atoms. The molecule has 3 N–H and O–H groups in total. The average Bonchev–Trinajstić information content (AvgIpc) is 2.34. The molecular formula is C14H22N2O3. The van der Waals surface area contributed by atoms with E-state index in [1.54, 1.807) is 36.9 Å². The second kappa shape index (κ2) is 5.93. The Labute approximate surface area is 114 Å². The molecule has 0 atom stereocenters. The number of amides is 1. The number of aliphatic hydroxyl groups is 1. The average molecular weight is 266 g/mol. The van der Waals surface area contributed by atoms with Crippen LogP contribution in [0.3, 0.4) is 0 Å². The van der Waals surface area contributed by atoms with Crippen LogP contribution in [0.4, 0.5) is 5.69 Å². The summed E-state index contributed by atoms with van der Waals surface area (Å²) in [5.41, 5.74) is 5.78. The SMILES string of the molecule is CCN(CC(C)(C)O)C(=O)c1ccc(OC)c(N)c1. The predicted molar refractivity (Wildman–Crippen MR) is 75.3 cm³/mol. The zero-order valence-corrected chi connectivity index (χ0v) is 11.9. The van der Waals surface area contributed by atoms with Crippen LogP contribution in [0.2, 0.25) is 0 Å². The van der Waals surface area contributed by atoms with Gasteiger partial charge in [0.15, 0.2) is 0 Å². The number of ether oxygens (including phenoxy) is 1. The Bertz CT molecular complexity index is 452. The highest BCUT2D eigenvalue weighted by atomic mass is 16.5. The molecule has 1 aromatic rings. The van der Waals surface area contributed by atoms with Crippen LogP contribution in [-0.4, -0.2) is 41.7 Å². The monoisotopic (exact) mass is 266 g/mol. The quantitative estimate of drug-likeness (QED) is 0.792. The van der Waals surface area contributed by atoms with Gasteiger partial charge in [-0.15, -0.1) is 0 Å². The van der Waals surface area contributed by atoms with Crippen LogP contribution in [0.5, 0.6) is 5.75 Å². The maximum atomic E-state index is 12.3. The minimum atomic E-state index is -0.927. The molecule has 5 nitrogen and oxygen atoms in total. The number of rotatable bonds is 5. The van der Waals surface area contributed by atoms with E-state index in [-0.39, 0.29) is 12.5 Å². The Balaban J connectivity index is 2.95. The number of nitrogens with zero attached hydrogens (tertiary/aromatic N) is 1. The number of carbonyl (C=O) groups is 1. The number of anilines is 1. The smallest absolute Gasteiger partial charge is 0.254 e. The van der Waals surface area contributed by atoms with Crippen LogP contribution in [0.15, 0.2) is 18.2 Å². The number of likely N-dealkylation sites (N-methyl/N-ethyl adjacent to an activating group) is 1. The van der Waals surface area contributed by atoms with Crippen molar-refractivity contribution >= 4 is 11.6 Å². The number of nitrogen functional groups attached to an aromatic ring is 1. The molecule has 5 heteroatoms. The Morgan fingerprint density at radius 2 is 2.11 bits per heavy atom. The van der Waals surface area contributed by atoms with Crippen LogP contribution in [0, 0.1) is 0 Å². The first-order valence-electron chi connectivity index (χ1n) is 6.23. The van der Waals surface area contributed by atoms with Crippen molar-refractivity contribution in [1.82, 2.24) is 4.90 Å². The van der Waals surface area contributed by atoms with Crippen molar-refractivity contribution in [3.63, 3.8) is 0 Å². The van der Waals surface area contributed by atoms with Gasteiger partial charge >= 0.3 is 0 Å². The summed E-state index contributed by atoms with van der Waals surface area (Å²) in [5, 5.41) is 9.81. The van der Waals surface area contributed by atoms with E-state index in [1.165, 1.54) is 7.11 Å². The second-order valence-electron chi connectivity index (χ2n) is 5.09. The highest BCUT2D eigenvalue weighted by Gasteiger charge is 2.22. The van der Waals surface area contributed by atoms with Gasteiger partial charge in [-0.3, -0.25) is 4.79 Å². The zero-order chi connectivity index (χ0) is 14.6. The molecule has 0 radical (unpaired) electrons. The Morgan fingerprint density at radius 1 is 1.47 bits per heavy atom. The molecule has 0 saturated carbocycles. The molecule has 1 rings (SSSR count). The third-order valence-corrected chi connectivity index (χ3v) is 2.72. The number of hydrogen-bond donors (Lipinski definition) is 2. The molecule has 0 saturated heterocycles. The molecule has 0 bridgehead atoms. The fourth-order valence-electron chi connectivity index (χ4n) is 1.84. The molecule has 0 unspecified atom stereocenters. The van der Waals surface area contributed by atoms with Crippen molar-refractivity contribution in [3.8, 4) is 5.75 Å². The Kier molecular flexibility index (Phi) is 4.78. The van der Waals surface area contributed by atoms with Gasteiger partial charge in [-0.1, -0.05) is 0 Å². The molecule has 0 aromatic heterocycles. The van der Waals surface area contributed by atoms with Gasteiger partial charge in [0.25, 0.3) is 5.91 Å². The molecule has 1 amide bonds. The van der Waals surface area contributed by atoms with Gasteiger partial charge in [0.05, 0.1) is 18.4 Å². The van der Waals surface area contributed by atoms with Crippen molar-refractivity contribution in [1.29, 1.82) is 0 Å². The van der Waals surface area contributed by atoms with Gasteiger partial charge < -0.3 is 20.5 Å². The molecule has 19 heavy (non-hydrogen) atoms. The number of benzene rings is 1. The van der Waals surface area contributed by atoms with Crippen molar-refractivity contribution in [3.05, 3.63) is 23.8 Å². The van der Waals surface area contributed by atoms with Gasteiger partial charge in [0.1, 0.15) is 5.75 Å². The Hall–Kier alpha value is -1.75. The zero-order valence-electron chi connectivity index (χ0n) is 11.9. The normalized spacial score (nSPS) is 11.2. The van der Waals surface area contributed by atoms with E-state index in [4.69, 9.17) is 10.5 Å². The van der Waals surface area contributed by atoms with Crippen LogP contribution < -0.4 is 10.5 Å². The summed E-state index contributed by atoms with van der Waals surface area (Å²) in [5.74, 6) is 0.390. The maximum absolute atomic E-state index is 12.3. The lowest BCUT2D eigenvalue weighted by molar-refractivity contribution is 0.0314. The summed E-state index contributed by atoms with van der Waals surface area (Å²) in [4.78, 5) is 13.9. The summed E-state index contributed by atoms with van der Waals surface area (Å²) in [6.45, 7) is 6.01. The van der Waals surface area contributed by atoms with E-state index >= 15 is 0 Å². The summed E-state index contributed by atoms with van der Waals surface area (Å²) in [6, 6.07) is 4.93. The molecule has 0 aliphatic carbocycles. The summed E-state index contributed by atoms with van der Waals surface area (Å²) >= 11 is 0. The van der Waals surface area contributed by atoms with Crippen molar-refractivity contribution in [2.24, 2.45) is 0 Å². The summed E-state index contributed by atoms with van der Waals surface area (Å²) in [6.07, 6.45) is 0. The minimum absolute atomic E-state index is 0.154. The van der Waals surface area contributed by atoms with Crippen LogP contribution in [-0.2, 0) is 0 Å². The molecule has 1 aromatic carbocycles. The van der Waals surface area contributed by atoms with Crippen LogP contribution in [0.1, 0.15) is 31.1 Å². The highest BCUT2D eigenvalue weighted by Crippen LogP contribution is 2.23. The minimum Gasteiger partial charge on any atom is -0.495 e.